The van der Waals surface area contributed by atoms with Gasteiger partial charge in [-0.05, 0) is 54.7 Å². The highest BCUT2D eigenvalue weighted by Gasteiger charge is 2.25. The largest absolute Gasteiger partial charge is 0.484 e. The van der Waals surface area contributed by atoms with E-state index < -0.39 is 11.5 Å². The highest BCUT2D eigenvalue weighted by atomic mass is 32.2. The van der Waals surface area contributed by atoms with Crippen LogP contribution >= 0.6 is 11.8 Å². The van der Waals surface area contributed by atoms with Crippen LogP contribution in [0.25, 0.3) is 11.1 Å². The van der Waals surface area contributed by atoms with Gasteiger partial charge >= 0.3 is 5.97 Å². The Morgan fingerprint density at radius 3 is 2.56 bits per heavy atom. The summed E-state index contributed by atoms with van der Waals surface area (Å²) in [6.45, 7) is 5.98. The van der Waals surface area contributed by atoms with Gasteiger partial charge in [0.05, 0.1) is 0 Å². The molecule has 1 heterocycles. The van der Waals surface area contributed by atoms with E-state index in [9.17, 15) is 9.90 Å². The van der Waals surface area contributed by atoms with Crippen molar-refractivity contribution in [2.45, 2.75) is 50.4 Å². The number of carboxylic acids is 1. The van der Waals surface area contributed by atoms with Crippen molar-refractivity contribution < 1.29 is 19.1 Å². The van der Waals surface area contributed by atoms with Crippen molar-refractivity contribution in [3.8, 4) is 16.9 Å². The molecule has 2 N–H and O–H groups in total. The Balaban J connectivity index is 1.32. The molecule has 0 bridgehead atoms. The van der Waals surface area contributed by atoms with Gasteiger partial charge in [-0.25, -0.2) is 0 Å². The summed E-state index contributed by atoms with van der Waals surface area (Å²) >= 11 is 1.45. The molecule has 4 aromatic rings. The number of aliphatic carboxylic acids is 1. The Kier molecular flexibility index (Phi) is 8.07. The van der Waals surface area contributed by atoms with Crippen molar-refractivity contribution in [1.82, 2.24) is 15.5 Å². The molecule has 0 radical (unpaired) electrons. The number of hydrogen-bond donors (Lipinski definition) is 2. The summed E-state index contributed by atoms with van der Waals surface area (Å²) in [7, 11) is 0. The summed E-state index contributed by atoms with van der Waals surface area (Å²) in [5.74, 6) is 0.956. The zero-order valence-electron chi connectivity index (χ0n) is 20.5. The Morgan fingerprint density at radius 2 is 1.78 bits per heavy atom. The van der Waals surface area contributed by atoms with E-state index in [1.807, 2.05) is 61.5 Å². The maximum absolute atomic E-state index is 11.3. The number of thioether (sulfide) groups is 1. The second kappa shape index (κ2) is 11.4. The van der Waals surface area contributed by atoms with Gasteiger partial charge in [-0.3, -0.25) is 10.1 Å². The number of ether oxygens (including phenoxy) is 1. The third kappa shape index (κ3) is 6.53. The molecule has 0 aliphatic carbocycles. The van der Waals surface area contributed by atoms with Crippen LogP contribution in [0.15, 0.2) is 82.4 Å². The third-order valence-corrected chi connectivity index (χ3v) is 6.68. The number of nitrogens with zero attached hydrogens (tertiary/aromatic N) is 2. The van der Waals surface area contributed by atoms with Crippen molar-refractivity contribution in [3.05, 3.63) is 95.4 Å². The van der Waals surface area contributed by atoms with Crippen LogP contribution in [0.4, 0.5) is 0 Å². The van der Waals surface area contributed by atoms with Gasteiger partial charge in [0.1, 0.15) is 11.3 Å². The first-order valence-electron chi connectivity index (χ1n) is 11.6. The molecule has 4 rings (SSSR count). The second-order valence-electron chi connectivity index (χ2n) is 8.94. The number of carbonyl (C=O) groups is 1. The molecule has 8 heteroatoms. The first kappa shape index (κ1) is 25.5. The molecule has 0 spiro atoms. The van der Waals surface area contributed by atoms with E-state index in [2.05, 4.69) is 33.7 Å². The van der Waals surface area contributed by atoms with Crippen LogP contribution in [0, 0.1) is 6.92 Å². The second-order valence-corrected chi connectivity index (χ2v) is 9.86. The van der Waals surface area contributed by atoms with Gasteiger partial charge < -0.3 is 14.3 Å². The van der Waals surface area contributed by atoms with E-state index in [1.165, 1.54) is 11.8 Å². The Bertz CT molecular complexity index is 1320. The average Bonchev–Trinajstić information content (AvgIpc) is 3.34. The highest BCUT2D eigenvalue weighted by Crippen LogP contribution is 2.30. The topological polar surface area (TPSA) is 97.5 Å². The molecule has 0 saturated heterocycles. The summed E-state index contributed by atoms with van der Waals surface area (Å²) < 4.78 is 11.8. The predicted octanol–water partition coefficient (Wildman–Crippen LogP) is 5.87. The minimum Gasteiger partial charge on any atom is -0.484 e. The smallest absolute Gasteiger partial charge is 0.323 e. The standard InChI is InChI=1S/C28H29N3O4S/c1-19-23(22-11-5-4-6-12-22)13-8-14-24(19)34-17-25-30-31-27(35-25)36-18-21-10-7-9-20(15-21)16-29-28(2,3)26(32)33/h4-15,29H,16-18H2,1-3H3,(H,32,33). The monoisotopic (exact) mass is 503 g/mol. The van der Waals surface area contributed by atoms with Crippen LogP contribution in [-0.4, -0.2) is 26.8 Å². The Morgan fingerprint density at radius 1 is 1.03 bits per heavy atom. The van der Waals surface area contributed by atoms with Crippen molar-refractivity contribution in [2.24, 2.45) is 0 Å². The quantitative estimate of drug-likeness (QED) is 0.245. The first-order chi connectivity index (χ1) is 17.3. The van der Waals surface area contributed by atoms with Crippen LogP contribution in [0.2, 0.25) is 0 Å². The lowest BCUT2D eigenvalue weighted by molar-refractivity contribution is -0.143. The lowest BCUT2D eigenvalue weighted by Gasteiger charge is -2.21. The van der Waals surface area contributed by atoms with Gasteiger partial charge in [0.15, 0.2) is 6.61 Å². The van der Waals surface area contributed by atoms with E-state index in [1.54, 1.807) is 13.8 Å². The highest BCUT2D eigenvalue weighted by molar-refractivity contribution is 7.98. The van der Waals surface area contributed by atoms with Crippen molar-refractivity contribution in [1.29, 1.82) is 0 Å². The average molecular weight is 504 g/mol. The lowest BCUT2D eigenvalue weighted by Crippen LogP contribution is -2.46. The van der Waals surface area contributed by atoms with Gasteiger partial charge in [0.25, 0.3) is 11.1 Å². The number of benzene rings is 3. The maximum atomic E-state index is 11.3. The zero-order chi connectivity index (χ0) is 25.5. The van der Waals surface area contributed by atoms with Crippen LogP contribution in [0.3, 0.4) is 0 Å². The molecule has 0 atom stereocenters. The fourth-order valence-electron chi connectivity index (χ4n) is 3.57. The van der Waals surface area contributed by atoms with Crippen LogP contribution in [0.1, 0.15) is 36.4 Å². The van der Waals surface area contributed by atoms with Crippen LogP contribution in [0.5, 0.6) is 5.75 Å². The maximum Gasteiger partial charge on any atom is 0.323 e. The summed E-state index contributed by atoms with van der Waals surface area (Å²) in [4.78, 5) is 11.3. The minimum atomic E-state index is -0.992. The lowest BCUT2D eigenvalue weighted by atomic mass is 10.00. The molecule has 7 nitrogen and oxygen atoms in total. The van der Waals surface area contributed by atoms with Crippen LogP contribution in [-0.2, 0) is 23.7 Å². The summed E-state index contributed by atoms with van der Waals surface area (Å²) in [6, 6.07) is 24.2. The number of rotatable bonds is 11. The van der Waals surface area contributed by atoms with E-state index in [0.717, 1.165) is 33.6 Å². The molecule has 0 aliphatic heterocycles. The van der Waals surface area contributed by atoms with Crippen molar-refractivity contribution >= 4 is 17.7 Å². The fourth-order valence-corrected chi connectivity index (χ4v) is 4.29. The van der Waals surface area contributed by atoms with Crippen LogP contribution < -0.4 is 10.1 Å². The summed E-state index contributed by atoms with van der Waals surface area (Å²) in [5.41, 5.74) is 4.42. The van der Waals surface area contributed by atoms with E-state index >= 15 is 0 Å². The molecule has 186 valence electrons. The van der Waals surface area contributed by atoms with Gasteiger partial charge in [-0.1, -0.05) is 78.5 Å². The molecule has 0 amide bonds. The minimum absolute atomic E-state index is 0.188. The first-order valence-corrected chi connectivity index (χ1v) is 12.6. The third-order valence-electron chi connectivity index (χ3n) is 5.79. The number of carboxylic acid groups (broad SMARTS) is 1. The predicted molar refractivity (Wildman–Crippen MR) is 140 cm³/mol. The van der Waals surface area contributed by atoms with Gasteiger partial charge in [-0.15, -0.1) is 10.2 Å². The number of hydrogen-bond acceptors (Lipinski definition) is 7. The Hall–Kier alpha value is -3.62. The van der Waals surface area contributed by atoms with Gasteiger partial charge in [0.2, 0.25) is 0 Å². The van der Waals surface area contributed by atoms with E-state index in [-0.39, 0.29) is 6.61 Å². The normalized spacial score (nSPS) is 11.4. The molecule has 0 unspecified atom stereocenters. The van der Waals surface area contributed by atoms with Gasteiger partial charge in [0, 0.05) is 12.3 Å². The number of aromatic nitrogens is 2. The molecule has 3 aromatic carbocycles. The van der Waals surface area contributed by atoms with Gasteiger partial charge in [-0.2, -0.15) is 0 Å². The summed E-state index contributed by atoms with van der Waals surface area (Å²) in [6.07, 6.45) is 0. The SMILES string of the molecule is Cc1c(OCc2nnc(SCc3cccc(CNC(C)(C)C(=O)O)c3)o2)cccc1-c1ccccc1. The van der Waals surface area contributed by atoms with Crippen molar-refractivity contribution in [3.63, 3.8) is 0 Å². The van der Waals surface area contributed by atoms with Crippen molar-refractivity contribution in [2.75, 3.05) is 0 Å². The van der Waals surface area contributed by atoms with E-state index in [0.29, 0.717) is 23.4 Å². The molecular formula is C28H29N3O4S. The molecule has 36 heavy (non-hydrogen) atoms. The molecule has 1 aromatic heterocycles. The fraction of sp³-hybridized carbons (Fsp3) is 0.250. The molecule has 0 aliphatic rings. The molecule has 0 saturated carbocycles. The zero-order valence-corrected chi connectivity index (χ0v) is 21.3. The summed E-state index contributed by atoms with van der Waals surface area (Å²) in [5, 5.41) is 21.0. The number of nitrogens with one attached hydrogen (secondary N) is 1. The molecule has 0 fully saturated rings. The molecular weight excluding hydrogens is 474 g/mol. The van der Waals surface area contributed by atoms with E-state index in [4.69, 9.17) is 9.15 Å². The Labute approximate surface area is 214 Å².